The Hall–Kier alpha value is -3.32. The molecule has 1 heterocycles. The van der Waals surface area contributed by atoms with Crippen molar-refractivity contribution in [3.05, 3.63) is 65.2 Å². The highest BCUT2D eigenvalue weighted by Gasteiger charge is 2.16. The van der Waals surface area contributed by atoms with Crippen LogP contribution in [0.15, 0.2) is 48.5 Å². The summed E-state index contributed by atoms with van der Waals surface area (Å²) < 4.78 is 5.45. The Kier molecular flexibility index (Phi) is 4.40. The lowest BCUT2D eigenvalue weighted by Gasteiger charge is -2.14. The molecule has 2 aromatic carbocycles. The number of rotatable bonds is 3. The predicted octanol–water partition coefficient (Wildman–Crippen LogP) is 4.49. The highest BCUT2D eigenvalue weighted by atomic mass is 16.5. The third-order valence-corrected chi connectivity index (χ3v) is 4.21. The Morgan fingerprint density at radius 1 is 1.00 bits per heavy atom. The Labute approximate surface area is 147 Å². The summed E-state index contributed by atoms with van der Waals surface area (Å²) in [6.45, 7) is 4.10. The maximum atomic E-state index is 9.57. The molecule has 0 aliphatic heterocycles. The lowest BCUT2D eigenvalue weighted by atomic mass is 9.96. The molecule has 4 heteroatoms. The Bertz CT molecular complexity index is 987. The smallest absolute Gasteiger partial charge is 0.142 e. The number of pyridine rings is 1. The van der Waals surface area contributed by atoms with Gasteiger partial charge in [-0.3, -0.25) is 0 Å². The third kappa shape index (κ3) is 3.05. The predicted molar refractivity (Wildman–Crippen MR) is 100 cm³/mol. The van der Waals surface area contributed by atoms with E-state index in [2.05, 4.69) is 24.0 Å². The maximum absolute atomic E-state index is 9.57. The number of nitriles is 1. The van der Waals surface area contributed by atoms with Crippen molar-refractivity contribution in [2.24, 2.45) is 0 Å². The van der Waals surface area contributed by atoms with Crippen molar-refractivity contribution in [3.63, 3.8) is 0 Å². The Morgan fingerprint density at radius 2 is 1.76 bits per heavy atom. The molecular formula is C21H19N3O. The van der Waals surface area contributed by atoms with E-state index in [0.717, 1.165) is 27.9 Å². The molecule has 4 nitrogen and oxygen atoms in total. The van der Waals surface area contributed by atoms with Crippen molar-refractivity contribution in [2.75, 3.05) is 12.8 Å². The average molecular weight is 329 g/mol. The van der Waals surface area contributed by atoms with Crippen LogP contribution in [0, 0.1) is 25.2 Å². The molecule has 0 atom stereocenters. The second-order valence-electron chi connectivity index (χ2n) is 5.95. The van der Waals surface area contributed by atoms with Gasteiger partial charge in [-0.2, -0.15) is 5.26 Å². The molecule has 0 unspecified atom stereocenters. The second-order valence-corrected chi connectivity index (χ2v) is 5.95. The summed E-state index contributed by atoms with van der Waals surface area (Å²) in [6.07, 6.45) is 0. The summed E-state index contributed by atoms with van der Waals surface area (Å²) in [5.74, 6) is 0.914. The summed E-state index contributed by atoms with van der Waals surface area (Å²) in [5.41, 5.74) is 12.1. The average Bonchev–Trinajstić information content (AvgIpc) is 2.61. The minimum absolute atomic E-state index is 0.223. The van der Waals surface area contributed by atoms with Gasteiger partial charge in [0, 0.05) is 16.7 Å². The van der Waals surface area contributed by atoms with Gasteiger partial charge in [0.2, 0.25) is 0 Å². The number of nitrogens with two attached hydrogens (primary N) is 1. The molecule has 0 aliphatic carbocycles. The van der Waals surface area contributed by atoms with Crippen LogP contribution in [-0.2, 0) is 0 Å². The van der Waals surface area contributed by atoms with Crippen LogP contribution in [0.3, 0.4) is 0 Å². The molecular weight excluding hydrogens is 310 g/mol. The molecule has 2 N–H and O–H groups in total. The first-order valence-corrected chi connectivity index (χ1v) is 7.96. The fourth-order valence-electron chi connectivity index (χ4n) is 3.00. The molecule has 3 rings (SSSR count). The number of hydrogen-bond donors (Lipinski definition) is 1. The van der Waals surface area contributed by atoms with Crippen LogP contribution >= 0.6 is 0 Å². The SMILES string of the molecule is COc1ccccc1-c1cc(-c2ccc(C)cc2C)nc(N)c1C#N. The van der Waals surface area contributed by atoms with Crippen molar-refractivity contribution in [1.29, 1.82) is 5.26 Å². The van der Waals surface area contributed by atoms with E-state index in [1.165, 1.54) is 5.56 Å². The molecule has 0 saturated carbocycles. The minimum Gasteiger partial charge on any atom is -0.496 e. The second kappa shape index (κ2) is 6.66. The lowest BCUT2D eigenvalue weighted by molar-refractivity contribution is 0.416. The molecule has 0 spiro atoms. The van der Waals surface area contributed by atoms with Crippen LogP contribution in [0.4, 0.5) is 5.82 Å². The number of aryl methyl sites for hydroxylation is 2. The van der Waals surface area contributed by atoms with Crippen LogP contribution in [0.1, 0.15) is 16.7 Å². The number of anilines is 1. The number of nitrogen functional groups attached to an aromatic ring is 1. The van der Waals surface area contributed by atoms with Gasteiger partial charge in [0.05, 0.1) is 12.8 Å². The minimum atomic E-state index is 0.223. The number of nitrogens with zero attached hydrogens (tertiary/aromatic N) is 2. The van der Waals surface area contributed by atoms with Gasteiger partial charge in [0.25, 0.3) is 0 Å². The molecule has 0 aliphatic rings. The molecule has 0 fully saturated rings. The van der Waals surface area contributed by atoms with Gasteiger partial charge in [-0.15, -0.1) is 0 Å². The third-order valence-electron chi connectivity index (χ3n) is 4.21. The van der Waals surface area contributed by atoms with E-state index in [-0.39, 0.29) is 5.82 Å². The topological polar surface area (TPSA) is 71.9 Å². The Morgan fingerprint density at radius 3 is 2.44 bits per heavy atom. The first kappa shape index (κ1) is 16.5. The fraction of sp³-hybridized carbons (Fsp3) is 0.143. The van der Waals surface area contributed by atoms with E-state index in [1.807, 2.05) is 49.4 Å². The molecule has 124 valence electrons. The number of benzene rings is 2. The molecule has 25 heavy (non-hydrogen) atoms. The monoisotopic (exact) mass is 329 g/mol. The van der Waals surface area contributed by atoms with Crippen LogP contribution in [0.25, 0.3) is 22.4 Å². The van der Waals surface area contributed by atoms with Crippen LogP contribution in [0.2, 0.25) is 0 Å². The number of methoxy groups -OCH3 is 1. The number of aromatic nitrogens is 1. The van der Waals surface area contributed by atoms with Crippen molar-refractivity contribution >= 4 is 5.82 Å². The van der Waals surface area contributed by atoms with Crippen molar-refractivity contribution in [3.8, 4) is 34.2 Å². The van der Waals surface area contributed by atoms with E-state index in [1.54, 1.807) is 7.11 Å². The van der Waals surface area contributed by atoms with E-state index in [0.29, 0.717) is 11.3 Å². The molecule has 3 aromatic rings. The van der Waals surface area contributed by atoms with Crippen LogP contribution < -0.4 is 10.5 Å². The lowest BCUT2D eigenvalue weighted by Crippen LogP contribution is -2.01. The van der Waals surface area contributed by atoms with Gasteiger partial charge in [-0.05, 0) is 31.5 Å². The van der Waals surface area contributed by atoms with Crippen molar-refractivity contribution < 1.29 is 4.74 Å². The zero-order valence-electron chi connectivity index (χ0n) is 14.5. The first-order valence-electron chi connectivity index (χ1n) is 7.96. The van der Waals surface area contributed by atoms with E-state index < -0.39 is 0 Å². The van der Waals surface area contributed by atoms with Crippen molar-refractivity contribution in [1.82, 2.24) is 4.98 Å². The van der Waals surface area contributed by atoms with Gasteiger partial charge in [0.15, 0.2) is 0 Å². The van der Waals surface area contributed by atoms with E-state index >= 15 is 0 Å². The Balaban J connectivity index is 2.29. The zero-order chi connectivity index (χ0) is 18.0. The standard InChI is InChI=1S/C21H19N3O/c1-13-8-9-15(14(2)10-13)19-11-17(18(12-22)21(23)24-19)16-6-4-5-7-20(16)25-3/h4-11H,1-3H3,(H2,23,24). The van der Waals surface area contributed by atoms with Gasteiger partial charge in [-0.25, -0.2) is 4.98 Å². The maximum Gasteiger partial charge on any atom is 0.142 e. The van der Waals surface area contributed by atoms with Crippen LogP contribution in [0.5, 0.6) is 5.75 Å². The summed E-state index contributed by atoms with van der Waals surface area (Å²) in [4.78, 5) is 4.46. The van der Waals surface area contributed by atoms with Gasteiger partial charge < -0.3 is 10.5 Å². The number of hydrogen-bond acceptors (Lipinski definition) is 4. The normalized spacial score (nSPS) is 10.3. The first-order chi connectivity index (χ1) is 12.0. The summed E-state index contributed by atoms with van der Waals surface area (Å²) in [7, 11) is 1.61. The molecule has 0 saturated heterocycles. The van der Waals surface area contributed by atoms with Crippen molar-refractivity contribution in [2.45, 2.75) is 13.8 Å². The number of ether oxygens (including phenoxy) is 1. The number of para-hydroxylation sites is 1. The van der Waals surface area contributed by atoms with Crippen LogP contribution in [-0.4, -0.2) is 12.1 Å². The van der Waals surface area contributed by atoms with E-state index in [9.17, 15) is 5.26 Å². The quantitative estimate of drug-likeness (QED) is 0.768. The van der Waals surface area contributed by atoms with Gasteiger partial charge in [0.1, 0.15) is 23.2 Å². The summed E-state index contributed by atoms with van der Waals surface area (Å²) >= 11 is 0. The highest BCUT2D eigenvalue weighted by molar-refractivity contribution is 5.83. The summed E-state index contributed by atoms with van der Waals surface area (Å²) in [5, 5.41) is 9.57. The molecule has 0 bridgehead atoms. The molecule has 0 amide bonds. The van der Waals surface area contributed by atoms with Gasteiger partial charge in [-0.1, -0.05) is 42.0 Å². The van der Waals surface area contributed by atoms with E-state index in [4.69, 9.17) is 10.5 Å². The molecule has 1 aromatic heterocycles. The fourth-order valence-corrected chi connectivity index (χ4v) is 3.00. The summed E-state index contributed by atoms with van der Waals surface area (Å²) in [6, 6.07) is 17.8. The zero-order valence-corrected chi connectivity index (χ0v) is 14.5. The largest absolute Gasteiger partial charge is 0.496 e. The highest BCUT2D eigenvalue weighted by Crippen LogP contribution is 2.36. The van der Waals surface area contributed by atoms with Gasteiger partial charge >= 0.3 is 0 Å². The molecule has 0 radical (unpaired) electrons.